The number of furan rings is 1. The topological polar surface area (TPSA) is 45.8 Å². The first-order valence-electron chi connectivity index (χ1n) is 6.31. The van der Waals surface area contributed by atoms with Crippen molar-refractivity contribution in [1.82, 2.24) is 4.90 Å². The normalized spacial score (nSPS) is 18.7. The van der Waals surface area contributed by atoms with Crippen molar-refractivity contribution >= 4 is 50.5 Å². The van der Waals surface area contributed by atoms with Gasteiger partial charge in [-0.1, -0.05) is 12.1 Å². The molecule has 7 heteroatoms. The van der Waals surface area contributed by atoms with Gasteiger partial charge in [-0.25, -0.2) is 9.38 Å². The second kappa shape index (κ2) is 6.10. The third kappa shape index (κ3) is 3.00. The number of likely N-dealkylation sites (N-methyl/N-ethyl adjacent to an activating group) is 1. The predicted molar refractivity (Wildman–Crippen MR) is 88.2 cm³/mol. The highest BCUT2D eigenvalue weighted by Crippen LogP contribution is 2.34. The molecule has 1 fully saturated rings. The molecule has 2 aromatic rings. The Hall–Kier alpha value is -1.86. The Morgan fingerprint density at radius 2 is 2.09 bits per heavy atom. The van der Waals surface area contributed by atoms with Crippen LogP contribution in [0.1, 0.15) is 5.76 Å². The van der Waals surface area contributed by atoms with Gasteiger partial charge in [-0.05, 0) is 52.0 Å². The Kier molecular flexibility index (Phi) is 4.17. The van der Waals surface area contributed by atoms with Gasteiger partial charge in [0.15, 0.2) is 9.84 Å². The summed E-state index contributed by atoms with van der Waals surface area (Å²) in [4.78, 5) is 18.3. The van der Waals surface area contributed by atoms with Crippen LogP contribution in [0.5, 0.6) is 0 Å². The fourth-order valence-corrected chi connectivity index (χ4v) is 3.11. The van der Waals surface area contributed by atoms with Crippen LogP contribution >= 0.6 is 27.7 Å². The van der Waals surface area contributed by atoms with E-state index >= 15 is 0 Å². The molecule has 0 atom stereocenters. The zero-order valence-electron chi connectivity index (χ0n) is 11.4. The monoisotopic (exact) mass is 380 g/mol. The molecule has 3 rings (SSSR count). The van der Waals surface area contributed by atoms with Gasteiger partial charge >= 0.3 is 0 Å². The van der Waals surface area contributed by atoms with E-state index in [4.69, 9.17) is 4.42 Å². The minimum atomic E-state index is -0.427. The first-order valence-corrected chi connectivity index (χ1v) is 7.92. The summed E-state index contributed by atoms with van der Waals surface area (Å²) < 4.78 is 19.6. The molecule has 112 valence electrons. The van der Waals surface area contributed by atoms with Crippen LogP contribution in [0.3, 0.4) is 0 Å². The van der Waals surface area contributed by atoms with E-state index in [9.17, 15) is 9.18 Å². The van der Waals surface area contributed by atoms with Crippen LogP contribution in [0.4, 0.5) is 10.1 Å². The Morgan fingerprint density at radius 1 is 1.32 bits per heavy atom. The number of halogens is 2. The number of rotatable bonds is 2. The van der Waals surface area contributed by atoms with Gasteiger partial charge < -0.3 is 4.42 Å². The van der Waals surface area contributed by atoms with Crippen molar-refractivity contribution in [3.05, 3.63) is 57.6 Å². The maximum Gasteiger partial charge on any atom is 0.266 e. The largest absolute Gasteiger partial charge is 0.450 e. The second-order valence-corrected chi connectivity index (χ2v) is 6.25. The minimum absolute atomic E-state index is 0.201. The van der Waals surface area contributed by atoms with Crippen LogP contribution in [-0.2, 0) is 4.79 Å². The number of amides is 1. The third-order valence-electron chi connectivity index (χ3n) is 2.94. The standard InChI is InChI=1S/C15H10BrFN2O2S/c1-19-14(20)12(8-9-6-7-13(16)21-9)22-15(19)18-11-5-3-2-4-10(11)17/h2-8H,1H3/b12-8+,18-15?. The van der Waals surface area contributed by atoms with E-state index in [2.05, 4.69) is 20.9 Å². The molecule has 1 aliphatic rings. The van der Waals surface area contributed by atoms with Crippen LogP contribution < -0.4 is 0 Å². The average molecular weight is 381 g/mol. The molecular weight excluding hydrogens is 371 g/mol. The summed E-state index contributed by atoms with van der Waals surface area (Å²) in [5, 5.41) is 0.423. The SMILES string of the molecule is CN1C(=O)/C(=C\c2ccc(Br)o2)SC1=Nc1ccccc1F. The van der Waals surface area contributed by atoms with E-state index in [-0.39, 0.29) is 11.6 Å². The first kappa shape index (κ1) is 15.1. The molecule has 0 N–H and O–H groups in total. The Bertz CT molecular complexity index is 800. The number of amidine groups is 1. The number of thioether (sulfide) groups is 1. The number of carbonyl (C=O) groups is 1. The highest BCUT2D eigenvalue weighted by molar-refractivity contribution is 9.10. The molecule has 22 heavy (non-hydrogen) atoms. The summed E-state index contributed by atoms with van der Waals surface area (Å²) in [7, 11) is 1.61. The van der Waals surface area contributed by atoms with Crippen molar-refractivity contribution in [1.29, 1.82) is 0 Å². The molecular formula is C15H10BrFN2O2S. The minimum Gasteiger partial charge on any atom is -0.450 e. The third-order valence-corrected chi connectivity index (χ3v) is 4.43. The van der Waals surface area contributed by atoms with Gasteiger partial charge in [0, 0.05) is 13.1 Å². The number of hydrogen-bond donors (Lipinski definition) is 0. The fraction of sp³-hybridized carbons (Fsp3) is 0.0667. The number of aliphatic imine (C=N–C) groups is 1. The van der Waals surface area contributed by atoms with Gasteiger partial charge in [0.05, 0.1) is 4.91 Å². The lowest BCUT2D eigenvalue weighted by Gasteiger charge is -2.07. The van der Waals surface area contributed by atoms with Crippen molar-refractivity contribution in [2.24, 2.45) is 4.99 Å². The number of hydrogen-bond acceptors (Lipinski definition) is 4. The Morgan fingerprint density at radius 3 is 2.77 bits per heavy atom. The number of benzene rings is 1. The maximum absolute atomic E-state index is 13.7. The van der Waals surface area contributed by atoms with Crippen LogP contribution in [0, 0.1) is 5.82 Å². The highest BCUT2D eigenvalue weighted by Gasteiger charge is 2.30. The summed E-state index contributed by atoms with van der Waals surface area (Å²) >= 11 is 4.39. The predicted octanol–water partition coefficient (Wildman–Crippen LogP) is 4.42. The highest BCUT2D eigenvalue weighted by atomic mass is 79.9. The van der Waals surface area contributed by atoms with Crippen molar-refractivity contribution in [3.8, 4) is 0 Å². The van der Waals surface area contributed by atoms with E-state index in [1.54, 1.807) is 43.5 Å². The van der Waals surface area contributed by atoms with E-state index in [0.29, 0.717) is 20.5 Å². The lowest BCUT2D eigenvalue weighted by atomic mass is 10.3. The van der Waals surface area contributed by atoms with Crippen LogP contribution in [0.25, 0.3) is 6.08 Å². The van der Waals surface area contributed by atoms with E-state index in [1.807, 2.05) is 0 Å². The molecule has 1 amide bonds. The number of para-hydroxylation sites is 1. The average Bonchev–Trinajstić information content (AvgIpc) is 3.01. The molecule has 1 saturated heterocycles. The fourth-order valence-electron chi connectivity index (χ4n) is 1.83. The smallest absolute Gasteiger partial charge is 0.266 e. The van der Waals surface area contributed by atoms with Crippen molar-refractivity contribution in [2.75, 3.05) is 7.05 Å². The quantitative estimate of drug-likeness (QED) is 0.724. The maximum atomic E-state index is 13.7. The van der Waals surface area contributed by atoms with E-state index in [0.717, 1.165) is 0 Å². The summed E-state index contributed by atoms with van der Waals surface area (Å²) in [6.07, 6.45) is 1.64. The van der Waals surface area contributed by atoms with Crippen LogP contribution in [0.15, 0.2) is 55.4 Å². The molecule has 1 aromatic carbocycles. The van der Waals surface area contributed by atoms with Gasteiger partial charge in [-0.2, -0.15) is 0 Å². The first-order chi connectivity index (χ1) is 10.5. The van der Waals surface area contributed by atoms with Crippen molar-refractivity contribution < 1.29 is 13.6 Å². The molecule has 0 radical (unpaired) electrons. The van der Waals surface area contributed by atoms with Crippen LogP contribution in [0.2, 0.25) is 0 Å². The Balaban J connectivity index is 1.92. The molecule has 2 heterocycles. The zero-order chi connectivity index (χ0) is 15.7. The summed E-state index contributed by atoms with van der Waals surface area (Å²) in [6, 6.07) is 9.67. The summed E-state index contributed by atoms with van der Waals surface area (Å²) in [5.41, 5.74) is 0.201. The van der Waals surface area contributed by atoms with E-state index in [1.165, 1.54) is 22.7 Å². The number of carbonyl (C=O) groups excluding carboxylic acids is 1. The lowest BCUT2D eigenvalue weighted by Crippen LogP contribution is -2.23. The van der Waals surface area contributed by atoms with Crippen LogP contribution in [-0.4, -0.2) is 23.0 Å². The molecule has 1 aliphatic heterocycles. The number of nitrogens with zero attached hydrogens (tertiary/aromatic N) is 2. The lowest BCUT2D eigenvalue weighted by molar-refractivity contribution is -0.121. The zero-order valence-corrected chi connectivity index (χ0v) is 13.8. The van der Waals surface area contributed by atoms with Crippen molar-refractivity contribution in [2.45, 2.75) is 0 Å². The van der Waals surface area contributed by atoms with Gasteiger partial charge in [0.2, 0.25) is 0 Å². The molecule has 0 aliphatic carbocycles. The van der Waals surface area contributed by atoms with Crippen molar-refractivity contribution in [3.63, 3.8) is 0 Å². The molecule has 4 nitrogen and oxygen atoms in total. The molecule has 0 saturated carbocycles. The molecule has 0 bridgehead atoms. The molecule has 0 spiro atoms. The van der Waals surface area contributed by atoms with Gasteiger partial charge in [0.25, 0.3) is 5.91 Å². The molecule has 0 unspecified atom stereocenters. The van der Waals surface area contributed by atoms with Gasteiger partial charge in [-0.15, -0.1) is 0 Å². The molecule has 1 aromatic heterocycles. The van der Waals surface area contributed by atoms with Gasteiger partial charge in [-0.3, -0.25) is 9.69 Å². The second-order valence-electron chi connectivity index (χ2n) is 4.46. The summed E-state index contributed by atoms with van der Waals surface area (Å²) in [6.45, 7) is 0. The Labute approximate surface area is 138 Å². The summed E-state index contributed by atoms with van der Waals surface area (Å²) in [5.74, 6) is -0.0697. The van der Waals surface area contributed by atoms with Gasteiger partial charge in [0.1, 0.15) is 17.3 Å². The van der Waals surface area contributed by atoms with E-state index < -0.39 is 5.82 Å².